The Bertz CT molecular complexity index is 384. The number of anilines is 1. The highest BCUT2D eigenvalue weighted by Gasteiger charge is 2.14. The molecule has 0 aliphatic heterocycles. The van der Waals surface area contributed by atoms with Gasteiger partial charge >= 0.3 is 0 Å². The molecule has 1 aromatic rings. The van der Waals surface area contributed by atoms with Gasteiger partial charge in [0.15, 0.2) is 0 Å². The highest BCUT2D eigenvalue weighted by atomic mass is 79.9. The second-order valence-corrected chi connectivity index (χ2v) is 4.26. The first-order valence-corrected chi connectivity index (χ1v) is 5.54. The van der Waals surface area contributed by atoms with Crippen LogP contribution < -0.4 is 5.32 Å². The lowest BCUT2D eigenvalue weighted by atomic mass is 10.2. The van der Waals surface area contributed by atoms with Gasteiger partial charge in [-0.3, -0.25) is 10.1 Å². The van der Waals surface area contributed by atoms with E-state index in [9.17, 15) is 10.1 Å². The zero-order valence-corrected chi connectivity index (χ0v) is 10.7. The molecule has 0 fully saturated rings. The SMILES string of the molecule is COC(C)CNc1ccc(Br)cc1[N+](=O)[O-]. The summed E-state index contributed by atoms with van der Waals surface area (Å²) in [7, 11) is 1.60. The molecular weight excluding hydrogens is 276 g/mol. The number of nitrogens with zero attached hydrogens (tertiary/aromatic N) is 1. The van der Waals surface area contributed by atoms with E-state index >= 15 is 0 Å². The summed E-state index contributed by atoms with van der Waals surface area (Å²) in [5.74, 6) is 0. The van der Waals surface area contributed by atoms with Crippen molar-refractivity contribution in [3.63, 3.8) is 0 Å². The van der Waals surface area contributed by atoms with Crippen LogP contribution in [0.5, 0.6) is 0 Å². The fourth-order valence-corrected chi connectivity index (χ4v) is 1.49. The van der Waals surface area contributed by atoms with Gasteiger partial charge in [0.05, 0.1) is 11.0 Å². The summed E-state index contributed by atoms with van der Waals surface area (Å²) < 4.78 is 5.74. The van der Waals surface area contributed by atoms with Crippen molar-refractivity contribution in [2.45, 2.75) is 13.0 Å². The van der Waals surface area contributed by atoms with Crippen LogP contribution in [0, 0.1) is 10.1 Å². The summed E-state index contributed by atoms with van der Waals surface area (Å²) >= 11 is 3.20. The van der Waals surface area contributed by atoms with Gasteiger partial charge in [-0.1, -0.05) is 15.9 Å². The summed E-state index contributed by atoms with van der Waals surface area (Å²) in [6, 6.07) is 4.90. The van der Waals surface area contributed by atoms with Crippen LogP contribution in [0.4, 0.5) is 11.4 Å². The molecular formula is C10H13BrN2O3. The van der Waals surface area contributed by atoms with Gasteiger partial charge in [-0.05, 0) is 19.1 Å². The Morgan fingerprint density at radius 3 is 2.88 bits per heavy atom. The second kappa shape index (κ2) is 5.81. The standard InChI is InChI=1S/C10H13BrN2O3/c1-7(16-2)6-12-9-4-3-8(11)5-10(9)13(14)15/h3-5,7,12H,6H2,1-2H3. The number of hydrogen-bond acceptors (Lipinski definition) is 4. The van der Waals surface area contributed by atoms with E-state index in [2.05, 4.69) is 21.2 Å². The Kier molecular flexibility index (Phi) is 4.70. The number of benzene rings is 1. The van der Waals surface area contributed by atoms with E-state index in [-0.39, 0.29) is 11.8 Å². The maximum Gasteiger partial charge on any atom is 0.293 e. The lowest BCUT2D eigenvalue weighted by Crippen LogP contribution is -2.18. The molecule has 0 spiro atoms. The van der Waals surface area contributed by atoms with Crippen LogP contribution in [-0.4, -0.2) is 24.7 Å². The lowest BCUT2D eigenvalue weighted by Gasteiger charge is -2.12. The molecule has 1 unspecified atom stereocenters. The first-order valence-electron chi connectivity index (χ1n) is 4.75. The molecule has 1 aromatic carbocycles. The Morgan fingerprint density at radius 1 is 1.62 bits per heavy atom. The number of hydrogen-bond donors (Lipinski definition) is 1. The third-order valence-corrected chi connectivity index (χ3v) is 2.63. The van der Waals surface area contributed by atoms with Crippen LogP contribution in [0.3, 0.4) is 0 Å². The van der Waals surface area contributed by atoms with Crippen LogP contribution in [0.25, 0.3) is 0 Å². The molecule has 0 aliphatic carbocycles. The smallest absolute Gasteiger partial charge is 0.293 e. The van der Waals surface area contributed by atoms with Gasteiger partial charge in [0.25, 0.3) is 5.69 Å². The van der Waals surface area contributed by atoms with Gasteiger partial charge in [-0.25, -0.2) is 0 Å². The molecule has 88 valence electrons. The van der Waals surface area contributed by atoms with E-state index in [0.29, 0.717) is 16.7 Å². The lowest BCUT2D eigenvalue weighted by molar-refractivity contribution is -0.384. The summed E-state index contributed by atoms with van der Waals surface area (Å²) in [6.07, 6.45) is 0.00301. The van der Waals surface area contributed by atoms with Crippen molar-refractivity contribution >= 4 is 27.3 Å². The van der Waals surface area contributed by atoms with E-state index in [4.69, 9.17) is 4.74 Å². The Balaban J connectivity index is 2.82. The molecule has 0 radical (unpaired) electrons. The van der Waals surface area contributed by atoms with Crippen molar-refractivity contribution in [2.24, 2.45) is 0 Å². The normalized spacial score (nSPS) is 12.2. The fraction of sp³-hybridized carbons (Fsp3) is 0.400. The first kappa shape index (κ1) is 12.9. The molecule has 1 rings (SSSR count). The Labute approximate surface area is 102 Å². The molecule has 0 aromatic heterocycles. The highest BCUT2D eigenvalue weighted by Crippen LogP contribution is 2.27. The number of rotatable bonds is 5. The largest absolute Gasteiger partial charge is 0.380 e. The quantitative estimate of drug-likeness (QED) is 0.668. The van der Waals surface area contributed by atoms with Crippen molar-refractivity contribution in [1.29, 1.82) is 0 Å². The van der Waals surface area contributed by atoms with Gasteiger partial charge in [0.2, 0.25) is 0 Å². The molecule has 0 amide bonds. The van der Waals surface area contributed by atoms with Crippen molar-refractivity contribution in [3.05, 3.63) is 32.8 Å². The number of nitrogens with one attached hydrogen (secondary N) is 1. The summed E-state index contributed by atoms with van der Waals surface area (Å²) in [5, 5.41) is 13.8. The molecule has 16 heavy (non-hydrogen) atoms. The predicted octanol–water partition coefficient (Wildman–Crippen LogP) is 2.80. The highest BCUT2D eigenvalue weighted by molar-refractivity contribution is 9.10. The molecule has 6 heteroatoms. The number of methoxy groups -OCH3 is 1. The summed E-state index contributed by atoms with van der Waals surface area (Å²) in [5.41, 5.74) is 0.551. The molecule has 5 nitrogen and oxygen atoms in total. The van der Waals surface area contributed by atoms with Crippen LogP contribution in [0.15, 0.2) is 22.7 Å². The maximum absolute atomic E-state index is 10.8. The van der Waals surface area contributed by atoms with Crippen LogP contribution in [0.1, 0.15) is 6.92 Å². The summed E-state index contributed by atoms with van der Waals surface area (Å²) in [6.45, 7) is 2.41. The molecule has 0 saturated carbocycles. The van der Waals surface area contributed by atoms with Crippen molar-refractivity contribution in [3.8, 4) is 0 Å². The van der Waals surface area contributed by atoms with Crippen LogP contribution in [-0.2, 0) is 4.74 Å². The average Bonchev–Trinajstić information content (AvgIpc) is 2.26. The predicted molar refractivity (Wildman–Crippen MR) is 65.8 cm³/mol. The van der Waals surface area contributed by atoms with Crippen molar-refractivity contribution < 1.29 is 9.66 Å². The molecule has 0 aliphatic rings. The molecule has 0 heterocycles. The third-order valence-electron chi connectivity index (χ3n) is 2.14. The maximum atomic E-state index is 10.8. The number of nitro benzene ring substituents is 1. The van der Waals surface area contributed by atoms with Crippen LogP contribution in [0.2, 0.25) is 0 Å². The molecule has 0 saturated heterocycles. The molecule has 1 N–H and O–H groups in total. The van der Waals surface area contributed by atoms with E-state index in [1.807, 2.05) is 6.92 Å². The Hall–Kier alpha value is -1.14. The number of halogens is 1. The molecule has 0 bridgehead atoms. The van der Waals surface area contributed by atoms with Gasteiger partial charge < -0.3 is 10.1 Å². The minimum absolute atomic E-state index is 0.00301. The zero-order chi connectivity index (χ0) is 12.1. The molecule has 1 atom stereocenters. The van der Waals surface area contributed by atoms with E-state index < -0.39 is 4.92 Å². The average molecular weight is 289 g/mol. The number of nitro groups is 1. The first-order chi connectivity index (χ1) is 7.54. The number of ether oxygens (including phenoxy) is 1. The van der Waals surface area contributed by atoms with Gasteiger partial charge in [0.1, 0.15) is 5.69 Å². The van der Waals surface area contributed by atoms with Gasteiger partial charge in [-0.2, -0.15) is 0 Å². The monoisotopic (exact) mass is 288 g/mol. The van der Waals surface area contributed by atoms with E-state index in [1.54, 1.807) is 19.2 Å². The van der Waals surface area contributed by atoms with Crippen molar-refractivity contribution in [2.75, 3.05) is 19.0 Å². The van der Waals surface area contributed by atoms with Gasteiger partial charge in [-0.15, -0.1) is 0 Å². The van der Waals surface area contributed by atoms with E-state index in [1.165, 1.54) is 6.07 Å². The second-order valence-electron chi connectivity index (χ2n) is 3.35. The fourth-order valence-electron chi connectivity index (χ4n) is 1.14. The minimum atomic E-state index is -0.412. The van der Waals surface area contributed by atoms with Crippen LogP contribution >= 0.6 is 15.9 Å². The zero-order valence-electron chi connectivity index (χ0n) is 9.07. The summed E-state index contributed by atoms with van der Waals surface area (Å²) in [4.78, 5) is 10.4. The van der Waals surface area contributed by atoms with Crippen molar-refractivity contribution in [1.82, 2.24) is 0 Å². The Morgan fingerprint density at radius 2 is 2.31 bits per heavy atom. The third kappa shape index (κ3) is 3.46. The minimum Gasteiger partial charge on any atom is -0.380 e. The van der Waals surface area contributed by atoms with Gasteiger partial charge in [0, 0.05) is 24.2 Å². The van der Waals surface area contributed by atoms with E-state index in [0.717, 1.165) is 0 Å². The topological polar surface area (TPSA) is 64.4 Å².